The van der Waals surface area contributed by atoms with E-state index >= 15 is 0 Å². The highest BCUT2D eigenvalue weighted by molar-refractivity contribution is 6.18. The Labute approximate surface area is 124 Å². The summed E-state index contributed by atoms with van der Waals surface area (Å²) < 4.78 is 7.80. The smallest absolute Gasteiger partial charge is 0.120 e. The molecule has 0 saturated carbocycles. The average Bonchev–Trinajstić information content (AvgIpc) is 2.85. The fraction of sp³-hybridized carbons (Fsp3) is 0.312. The van der Waals surface area contributed by atoms with E-state index in [1.165, 1.54) is 0 Å². The maximum atomic E-state index is 5.74. The predicted octanol–water partition coefficient (Wildman–Crippen LogP) is 3.25. The monoisotopic (exact) mass is 288 g/mol. The van der Waals surface area contributed by atoms with Crippen LogP contribution in [0.5, 0.6) is 5.75 Å². The number of alkyl halides is 1. The van der Waals surface area contributed by atoms with Crippen LogP contribution in [-0.2, 0) is 6.54 Å². The molecule has 0 N–H and O–H groups in total. The molecule has 0 unspecified atom stereocenters. The van der Waals surface area contributed by atoms with Crippen LogP contribution in [0.2, 0.25) is 0 Å². The molecule has 20 heavy (non-hydrogen) atoms. The number of ether oxygens (including phenoxy) is 1. The van der Waals surface area contributed by atoms with Crippen molar-refractivity contribution in [2.24, 2.45) is 0 Å². The second kappa shape index (κ2) is 7.62. The highest BCUT2D eigenvalue weighted by Crippen LogP contribution is 2.12. The van der Waals surface area contributed by atoms with E-state index in [2.05, 4.69) is 21.4 Å². The van der Waals surface area contributed by atoms with E-state index < -0.39 is 0 Å². The Morgan fingerprint density at radius 3 is 3.05 bits per heavy atom. The predicted molar refractivity (Wildman–Crippen MR) is 81.1 cm³/mol. The molecular weight excluding hydrogens is 272 g/mol. The number of hydrogen-bond acceptors (Lipinski definition) is 2. The van der Waals surface area contributed by atoms with Gasteiger partial charge in [-0.05, 0) is 25.1 Å². The van der Waals surface area contributed by atoms with Crippen molar-refractivity contribution in [1.82, 2.24) is 9.55 Å². The molecule has 1 aromatic heterocycles. The summed E-state index contributed by atoms with van der Waals surface area (Å²) in [5.74, 6) is 8.48. The standard InChI is InChI=1S/C16H17ClN2O/c1-14-18-9-10-19(14)11-12-20-16-7-4-6-15(13-16)5-2-3-8-17/h4,6-7,9-10,13H,3,8,11-12H2,1H3. The first-order valence-corrected chi connectivity index (χ1v) is 7.08. The van der Waals surface area contributed by atoms with Crippen molar-refractivity contribution in [2.45, 2.75) is 19.9 Å². The molecule has 1 aromatic carbocycles. The van der Waals surface area contributed by atoms with Gasteiger partial charge in [-0.1, -0.05) is 17.9 Å². The number of hydrogen-bond donors (Lipinski definition) is 0. The van der Waals surface area contributed by atoms with Crippen LogP contribution < -0.4 is 4.74 Å². The molecule has 0 amide bonds. The molecule has 1 heterocycles. The minimum Gasteiger partial charge on any atom is -0.492 e. The van der Waals surface area contributed by atoms with E-state index in [9.17, 15) is 0 Å². The van der Waals surface area contributed by atoms with Gasteiger partial charge in [-0.25, -0.2) is 4.98 Å². The van der Waals surface area contributed by atoms with Gasteiger partial charge in [0.15, 0.2) is 0 Å². The van der Waals surface area contributed by atoms with Crippen molar-refractivity contribution in [3.8, 4) is 17.6 Å². The van der Waals surface area contributed by atoms with Crippen LogP contribution in [0.1, 0.15) is 17.8 Å². The van der Waals surface area contributed by atoms with Gasteiger partial charge in [-0.15, -0.1) is 11.6 Å². The summed E-state index contributed by atoms with van der Waals surface area (Å²) in [5.41, 5.74) is 0.950. The molecule has 2 aromatic rings. The number of halogens is 1. The highest BCUT2D eigenvalue weighted by atomic mass is 35.5. The molecule has 104 valence electrons. The molecule has 2 rings (SSSR count). The van der Waals surface area contributed by atoms with Gasteiger partial charge in [0.05, 0.1) is 6.54 Å². The van der Waals surface area contributed by atoms with E-state index in [0.717, 1.165) is 23.7 Å². The molecule has 0 spiro atoms. The van der Waals surface area contributed by atoms with Gasteiger partial charge in [0.1, 0.15) is 18.2 Å². The van der Waals surface area contributed by atoms with Crippen molar-refractivity contribution in [3.05, 3.63) is 48.0 Å². The molecule has 0 saturated heterocycles. The first-order chi connectivity index (χ1) is 9.79. The van der Waals surface area contributed by atoms with Crippen LogP contribution >= 0.6 is 11.6 Å². The Kier molecular flexibility index (Phi) is 5.52. The third-order valence-electron chi connectivity index (χ3n) is 2.81. The Hall–Kier alpha value is -1.92. The van der Waals surface area contributed by atoms with E-state index in [4.69, 9.17) is 16.3 Å². The maximum absolute atomic E-state index is 5.74. The van der Waals surface area contributed by atoms with Crippen molar-refractivity contribution in [1.29, 1.82) is 0 Å². The number of nitrogens with zero attached hydrogens (tertiary/aromatic N) is 2. The molecule has 4 heteroatoms. The van der Waals surface area contributed by atoms with Crippen molar-refractivity contribution < 1.29 is 4.74 Å². The van der Waals surface area contributed by atoms with Crippen LogP contribution in [0.15, 0.2) is 36.7 Å². The van der Waals surface area contributed by atoms with Crippen molar-refractivity contribution in [2.75, 3.05) is 12.5 Å². The van der Waals surface area contributed by atoms with Crippen LogP contribution in [-0.4, -0.2) is 22.0 Å². The molecule has 0 fully saturated rings. The zero-order valence-corrected chi connectivity index (χ0v) is 12.2. The number of benzene rings is 1. The molecule has 0 aliphatic rings. The van der Waals surface area contributed by atoms with Crippen LogP contribution in [0, 0.1) is 18.8 Å². The van der Waals surface area contributed by atoms with Gasteiger partial charge >= 0.3 is 0 Å². The molecule has 0 radical (unpaired) electrons. The normalized spacial score (nSPS) is 9.90. The van der Waals surface area contributed by atoms with E-state index in [-0.39, 0.29) is 0 Å². The summed E-state index contributed by atoms with van der Waals surface area (Å²) in [6.07, 6.45) is 4.45. The summed E-state index contributed by atoms with van der Waals surface area (Å²) in [6, 6.07) is 7.80. The number of aryl methyl sites for hydroxylation is 1. The SMILES string of the molecule is Cc1nccn1CCOc1cccc(C#CCCCl)c1. The van der Waals surface area contributed by atoms with Gasteiger partial charge in [0.25, 0.3) is 0 Å². The van der Waals surface area contributed by atoms with Crippen LogP contribution in [0.25, 0.3) is 0 Å². The summed E-state index contributed by atoms with van der Waals surface area (Å²) in [4.78, 5) is 4.18. The minimum absolute atomic E-state index is 0.563. The summed E-state index contributed by atoms with van der Waals surface area (Å²) in [7, 11) is 0. The van der Waals surface area contributed by atoms with Crippen molar-refractivity contribution in [3.63, 3.8) is 0 Å². The van der Waals surface area contributed by atoms with Gasteiger partial charge in [-0.2, -0.15) is 0 Å². The van der Waals surface area contributed by atoms with Crippen LogP contribution in [0.3, 0.4) is 0 Å². The third kappa shape index (κ3) is 4.32. The molecular formula is C16H17ClN2O. The lowest BCUT2D eigenvalue weighted by Crippen LogP contribution is -2.08. The van der Waals surface area contributed by atoms with Crippen molar-refractivity contribution >= 4 is 11.6 Å². The fourth-order valence-corrected chi connectivity index (χ4v) is 1.87. The Balaban J connectivity index is 1.89. The molecule has 0 bridgehead atoms. The third-order valence-corrected chi connectivity index (χ3v) is 3.00. The summed E-state index contributed by atoms with van der Waals surface area (Å²) >= 11 is 5.59. The molecule has 0 aliphatic heterocycles. The Morgan fingerprint density at radius 1 is 1.40 bits per heavy atom. The summed E-state index contributed by atoms with van der Waals surface area (Å²) in [6.45, 7) is 3.37. The van der Waals surface area contributed by atoms with Crippen LogP contribution in [0.4, 0.5) is 0 Å². The maximum Gasteiger partial charge on any atom is 0.120 e. The van der Waals surface area contributed by atoms with E-state index in [1.54, 1.807) is 6.20 Å². The van der Waals surface area contributed by atoms with Gasteiger partial charge < -0.3 is 9.30 Å². The molecule has 3 nitrogen and oxygen atoms in total. The Morgan fingerprint density at radius 2 is 2.30 bits per heavy atom. The molecule has 0 aliphatic carbocycles. The zero-order chi connectivity index (χ0) is 14.2. The lowest BCUT2D eigenvalue weighted by molar-refractivity contribution is 0.297. The fourth-order valence-electron chi connectivity index (χ4n) is 1.78. The largest absolute Gasteiger partial charge is 0.492 e. The van der Waals surface area contributed by atoms with E-state index in [1.807, 2.05) is 37.4 Å². The second-order valence-electron chi connectivity index (χ2n) is 4.28. The second-order valence-corrected chi connectivity index (χ2v) is 4.66. The quantitative estimate of drug-likeness (QED) is 0.624. The topological polar surface area (TPSA) is 27.1 Å². The summed E-state index contributed by atoms with van der Waals surface area (Å²) in [5, 5.41) is 0. The minimum atomic E-state index is 0.563. The number of aromatic nitrogens is 2. The first kappa shape index (κ1) is 14.5. The number of imidazole rings is 1. The van der Waals surface area contributed by atoms with E-state index in [0.29, 0.717) is 18.9 Å². The van der Waals surface area contributed by atoms with Gasteiger partial charge in [0.2, 0.25) is 0 Å². The highest BCUT2D eigenvalue weighted by Gasteiger charge is 1.98. The molecule has 0 atom stereocenters. The lowest BCUT2D eigenvalue weighted by Gasteiger charge is -2.08. The van der Waals surface area contributed by atoms with Gasteiger partial charge in [0, 0.05) is 30.3 Å². The Bertz CT molecular complexity index is 610. The zero-order valence-electron chi connectivity index (χ0n) is 11.5. The lowest BCUT2D eigenvalue weighted by atomic mass is 10.2. The van der Waals surface area contributed by atoms with Gasteiger partial charge in [-0.3, -0.25) is 0 Å². The first-order valence-electron chi connectivity index (χ1n) is 6.55. The number of rotatable bonds is 5. The average molecular weight is 289 g/mol.